The van der Waals surface area contributed by atoms with Crippen molar-refractivity contribution in [3.8, 4) is 0 Å². The van der Waals surface area contributed by atoms with E-state index in [0.29, 0.717) is 17.4 Å². The Hall–Kier alpha value is -1.56. The quantitative estimate of drug-likeness (QED) is 0.841. The van der Waals surface area contributed by atoms with Gasteiger partial charge in [-0.1, -0.05) is 0 Å². The molecule has 1 amide bonds. The number of ketones is 1. The van der Waals surface area contributed by atoms with E-state index in [0.717, 1.165) is 24.0 Å². The molecule has 0 saturated carbocycles. The van der Waals surface area contributed by atoms with E-state index in [9.17, 15) is 14.0 Å². The third-order valence-electron chi connectivity index (χ3n) is 3.62. The minimum absolute atomic E-state index is 0.125. The summed E-state index contributed by atoms with van der Waals surface area (Å²) in [6.45, 7) is 0. The maximum Gasteiger partial charge on any atom is 0.296 e. The molecule has 1 atom stereocenters. The highest BCUT2D eigenvalue weighted by molar-refractivity contribution is 7.99. The number of hydrogen-bond donors (Lipinski definition) is 1. The number of halogens is 1. The number of Topliss-reactive ketones (excluding diaryl/α,β-unsaturated/α-hetero) is 1. The number of thioether (sulfide) groups is 1. The van der Waals surface area contributed by atoms with Crippen LogP contribution in [0.3, 0.4) is 0 Å². The van der Waals surface area contributed by atoms with Gasteiger partial charge in [-0.3, -0.25) is 9.59 Å². The van der Waals surface area contributed by atoms with Crippen LogP contribution in [-0.2, 0) is 4.79 Å². The van der Waals surface area contributed by atoms with Gasteiger partial charge in [0.1, 0.15) is 5.82 Å². The summed E-state index contributed by atoms with van der Waals surface area (Å²) in [7, 11) is 1.85. The zero-order chi connectivity index (χ0) is 13.6. The van der Waals surface area contributed by atoms with Gasteiger partial charge in [0, 0.05) is 18.8 Å². The summed E-state index contributed by atoms with van der Waals surface area (Å²) >= 11 is 1.85. The molecule has 0 aromatic heterocycles. The van der Waals surface area contributed by atoms with Crippen LogP contribution < -0.4 is 10.2 Å². The van der Waals surface area contributed by atoms with Crippen molar-refractivity contribution in [2.45, 2.75) is 12.5 Å². The van der Waals surface area contributed by atoms with Crippen LogP contribution in [0.5, 0.6) is 0 Å². The molecule has 0 aliphatic carbocycles. The van der Waals surface area contributed by atoms with Gasteiger partial charge < -0.3 is 10.2 Å². The molecule has 4 nitrogen and oxygen atoms in total. The fraction of sp³-hybridized carbons (Fsp3) is 0.385. The van der Waals surface area contributed by atoms with E-state index in [2.05, 4.69) is 5.32 Å². The standard InChI is InChI=1S/C13H13FN2O2S/c1-16(7-2-3-19-6-7)11-5-10-8(4-9(11)14)12(17)13(18)15-10/h4-5,7H,2-3,6H2,1H3,(H,15,17,18). The number of rotatable bonds is 2. The number of benzene rings is 1. The van der Waals surface area contributed by atoms with Crippen molar-refractivity contribution in [1.29, 1.82) is 0 Å². The van der Waals surface area contributed by atoms with E-state index >= 15 is 0 Å². The van der Waals surface area contributed by atoms with Gasteiger partial charge in [0.15, 0.2) is 0 Å². The Morgan fingerprint density at radius 1 is 1.42 bits per heavy atom. The van der Waals surface area contributed by atoms with E-state index in [1.54, 1.807) is 6.07 Å². The number of amides is 1. The average Bonchev–Trinajstić information content (AvgIpc) is 3.00. The SMILES string of the molecule is CN(c1cc2c(cc1F)C(=O)C(=O)N2)C1CCSC1. The van der Waals surface area contributed by atoms with Crippen LogP contribution in [-0.4, -0.2) is 36.3 Å². The van der Waals surface area contributed by atoms with E-state index in [1.165, 1.54) is 0 Å². The van der Waals surface area contributed by atoms with Gasteiger partial charge >= 0.3 is 0 Å². The van der Waals surface area contributed by atoms with Crippen LogP contribution in [0.25, 0.3) is 0 Å². The Morgan fingerprint density at radius 2 is 2.21 bits per heavy atom. The van der Waals surface area contributed by atoms with Crippen molar-refractivity contribution >= 4 is 34.8 Å². The molecule has 1 fully saturated rings. The third-order valence-corrected chi connectivity index (χ3v) is 4.76. The lowest BCUT2D eigenvalue weighted by Gasteiger charge is -2.26. The van der Waals surface area contributed by atoms with Crippen LogP contribution >= 0.6 is 11.8 Å². The Bertz CT molecular complexity index is 570. The van der Waals surface area contributed by atoms with Crippen molar-refractivity contribution in [3.05, 3.63) is 23.5 Å². The maximum atomic E-state index is 14.1. The molecule has 2 aliphatic rings. The number of nitrogens with zero attached hydrogens (tertiary/aromatic N) is 1. The highest BCUT2D eigenvalue weighted by Gasteiger charge is 2.31. The fourth-order valence-corrected chi connectivity index (χ4v) is 3.72. The van der Waals surface area contributed by atoms with Crippen molar-refractivity contribution in [2.75, 3.05) is 28.8 Å². The summed E-state index contributed by atoms with van der Waals surface area (Å²) in [5, 5.41) is 2.47. The molecular formula is C13H13FN2O2S. The van der Waals surface area contributed by atoms with Gasteiger partial charge in [0.25, 0.3) is 11.7 Å². The topological polar surface area (TPSA) is 49.4 Å². The summed E-state index contributed by atoms with van der Waals surface area (Å²) in [6, 6.07) is 3.00. The lowest BCUT2D eigenvalue weighted by Crippen LogP contribution is -2.32. The molecule has 2 heterocycles. The minimum atomic E-state index is -0.689. The predicted octanol–water partition coefficient (Wildman–Crippen LogP) is 1.90. The smallest absolute Gasteiger partial charge is 0.296 e. The van der Waals surface area contributed by atoms with Crippen molar-refractivity contribution in [2.24, 2.45) is 0 Å². The first-order valence-corrected chi connectivity index (χ1v) is 7.23. The van der Waals surface area contributed by atoms with E-state index in [4.69, 9.17) is 0 Å². The second-order valence-corrected chi connectivity index (χ2v) is 5.91. The molecule has 6 heteroatoms. The Labute approximate surface area is 114 Å². The molecule has 1 unspecified atom stereocenters. The number of fused-ring (bicyclic) bond motifs is 1. The third kappa shape index (κ3) is 2.00. The Morgan fingerprint density at radius 3 is 2.89 bits per heavy atom. The molecule has 3 rings (SSSR count). The van der Waals surface area contributed by atoms with Crippen LogP contribution in [0.1, 0.15) is 16.8 Å². The maximum absolute atomic E-state index is 14.1. The van der Waals surface area contributed by atoms with Crippen LogP contribution in [0.4, 0.5) is 15.8 Å². The summed E-state index contributed by atoms with van der Waals surface area (Å²) < 4.78 is 14.1. The monoisotopic (exact) mass is 280 g/mol. The molecule has 0 radical (unpaired) electrons. The molecule has 100 valence electrons. The molecule has 1 N–H and O–H groups in total. The largest absolute Gasteiger partial charge is 0.368 e. The lowest BCUT2D eigenvalue weighted by atomic mass is 10.1. The van der Waals surface area contributed by atoms with Gasteiger partial charge in [0.2, 0.25) is 0 Å². The Balaban J connectivity index is 1.97. The molecule has 1 saturated heterocycles. The zero-order valence-corrected chi connectivity index (χ0v) is 11.2. The molecule has 1 aromatic rings. The average molecular weight is 280 g/mol. The summed E-state index contributed by atoms with van der Waals surface area (Å²) in [4.78, 5) is 24.7. The highest BCUT2D eigenvalue weighted by Crippen LogP contribution is 2.33. The number of carbonyl (C=O) groups is 2. The number of carbonyl (C=O) groups excluding carboxylic acids is 2. The highest BCUT2D eigenvalue weighted by atomic mass is 32.2. The first kappa shape index (κ1) is 12.5. The number of nitrogens with one attached hydrogen (secondary N) is 1. The number of anilines is 2. The van der Waals surface area contributed by atoms with E-state index < -0.39 is 17.5 Å². The minimum Gasteiger partial charge on any atom is -0.368 e. The molecule has 0 bridgehead atoms. The van der Waals surface area contributed by atoms with Crippen LogP contribution in [0.15, 0.2) is 12.1 Å². The first-order valence-electron chi connectivity index (χ1n) is 6.07. The van der Waals surface area contributed by atoms with Gasteiger partial charge in [-0.2, -0.15) is 11.8 Å². The van der Waals surface area contributed by atoms with E-state index in [1.807, 2.05) is 23.7 Å². The normalized spacial score (nSPS) is 21.5. The number of hydrogen-bond acceptors (Lipinski definition) is 4. The molecule has 19 heavy (non-hydrogen) atoms. The lowest BCUT2D eigenvalue weighted by molar-refractivity contribution is -0.112. The molecular weight excluding hydrogens is 267 g/mol. The fourth-order valence-electron chi connectivity index (χ4n) is 2.45. The first-order chi connectivity index (χ1) is 9.08. The second kappa shape index (κ2) is 4.52. The summed E-state index contributed by atoms with van der Waals surface area (Å²) in [5.41, 5.74) is 0.964. The van der Waals surface area contributed by atoms with Gasteiger partial charge in [0.05, 0.1) is 16.9 Å². The van der Waals surface area contributed by atoms with E-state index in [-0.39, 0.29) is 5.56 Å². The summed E-state index contributed by atoms with van der Waals surface area (Å²) in [5.74, 6) is 0.239. The van der Waals surface area contributed by atoms with Gasteiger partial charge in [-0.05, 0) is 24.3 Å². The van der Waals surface area contributed by atoms with Crippen molar-refractivity contribution in [1.82, 2.24) is 0 Å². The van der Waals surface area contributed by atoms with Crippen molar-refractivity contribution in [3.63, 3.8) is 0 Å². The predicted molar refractivity (Wildman–Crippen MR) is 73.5 cm³/mol. The molecule has 0 spiro atoms. The Kier molecular flexibility index (Phi) is 2.97. The van der Waals surface area contributed by atoms with Crippen molar-refractivity contribution < 1.29 is 14.0 Å². The van der Waals surface area contributed by atoms with Crippen LogP contribution in [0, 0.1) is 5.82 Å². The van der Waals surface area contributed by atoms with Gasteiger partial charge in [-0.25, -0.2) is 4.39 Å². The molecule has 1 aromatic carbocycles. The summed E-state index contributed by atoms with van der Waals surface area (Å²) in [6.07, 6.45) is 1.02. The molecule has 2 aliphatic heterocycles. The zero-order valence-electron chi connectivity index (χ0n) is 10.4. The van der Waals surface area contributed by atoms with Gasteiger partial charge in [-0.15, -0.1) is 0 Å². The second-order valence-electron chi connectivity index (χ2n) is 4.76. The van der Waals surface area contributed by atoms with Crippen LogP contribution in [0.2, 0.25) is 0 Å².